The molecule has 2 saturated heterocycles. The molecule has 0 aliphatic carbocycles. The Kier molecular flexibility index (Phi) is 21.8. The number of piperidine rings is 2. The SMILES string of the molecule is CCCCCCN(C)C1CCN(S(=O)(=O)c2ccc(CNC(=O)c3ccc(Cl)cc3)s2)CC1.CCCCc1ccc(NCC2CCN(S(=O)(=O)c3ccc(CNC(=O)c4cccc(OC)c4)s3)CC2)cc1. The quantitative estimate of drug-likeness (QED) is 0.0542. The Hall–Kier alpha value is -4.33. The van der Waals surface area contributed by atoms with E-state index >= 15 is 0 Å². The minimum atomic E-state index is -3.54. The zero-order chi connectivity index (χ0) is 50.8. The number of hydrogen-bond acceptors (Lipinski definition) is 11. The van der Waals surface area contributed by atoms with Crippen LogP contribution in [0.1, 0.15) is 114 Å². The molecule has 0 atom stereocenters. The van der Waals surface area contributed by atoms with Crippen LogP contribution in [0.25, 0.3) is 0 Å². The number of ether oxygens (including phenoxy) is 1. The summed E-state index contributed by atoms with van der Waals surface area (Å²) in [6, 6.07) is 29.5. The summed E-state index contributed by atoms with van der Waals surface area (Å²) in [6.45, 7) is 9.03. The van der Waals surface area contributed by atoms with Crippen LogP contribution in [0.15, 0.2) is 105 Å². The molecule has 13 nitrogen and oxygen atoms in total. The van der Waals surface area contributed by atoms with Crippen LogP contribution in [0.2, 0.25) is 5.02 Å². The molecule has 0 radical (unpaired) electrons. The van der Waals surface area contributed by atoms with Gasteiger partial charge in [0.25, 0.3) is 31.9 Å². The maximum absolute atomic E-state index is 13.2. The van der Waals surface area contributed by atoms with E-state index in [1.165, 1.54) is 66.8 Å². The largest absolute Gasteiger partial charge is 0.497 e. The molecule has 386 valence electrons. The molecule has 2 aliphatic heterocycles. The Labute approximate surface area is 435 Å². The van der Waals surface area contributed by atoms with Gasteiger partial charge in [-0.3, -0.25) is 9.59 Å². The first-order valence-electron chi connectivity index (χ1n) is 24.9. The van der Waals surface area contributed by atoms with Crippen molar-refractivity contribution in [3.63, 3.8) is 0 Å². The van der Waals surface area contributed by atoms with Crippen molar-refractivity contribution >= 4 is 71.8 Å². The maximum Gasteiger partial charge on any atom is 0.252 e. The van der Waals surface area contributed by atoms with Gasteiger partial charge in [0.05, 0.1) is 20.2 Å². The number of nitrogens with zero attached hydrogens (tertiary/aromatic N) is 3. The van der Waals surface area contributed by atoms with Gasteiger partial charge in [-0.15, -0.1) is 22.7 Å². The first-order chi connectivity index (χ1) is 34.2. The lowest BCUT2D eigenvalue weighted by atomic mass is 9.98. The predicted molar refractivity (Wildman–Crippen MR) is 289 cm³/mol. The average molecular weight is 1070 g/mol. The second kappa shape index (κ2) is 27.6. The van der Waals surface area contributed by atoms with Crippen LogP contribution >= 0.6 is 34.3 Å². The molecule has 4 heterocycles. The topological polar surface area (TPSA) is 157 Å². The number of methoxy groups -OCH3 is 1. The molecule has 2 amide bonds. The van der Waals surface area contributed by atoms with Gasteiger partial charge < -0.3 is 25.6 Å². The summed E-state index contributed by atoms with van der Waals surface area (Å²) >= 11 is 8.29. The van der Waals surface area contributed by atoms with Crippen LogP contribution < -0.4 is 20.7 Å². The molecule has 2 fully saturated rings. The lowest BCUT2D eigenvalue weighted by molar-refractivity contribution is 0.0943. The van der Waals surface area contributed by atoms with E-state index < -0.39 is 20.0 Å². The molecule has 0 spiro atoms. The number of unbranched alkanes of at least 4 members (excludes halogenated alkanes) is 4. The van der Waals surface area contributed by atoms with Gasteiger partial charge in [0.1, 0.15) is 14.2 Å². The molecule has 5 aromatic rings. The lowest BCUT2D eigenvalue weighted by Crippen LogP contribution is -2.45. The number of aryl methyl sites for hydroxylation is 1. The second-order valence-corrected chi connectivity index (χ2v) is 25.4. The number of carbonyl (C=O) groups is 2. The number of benzene rings is 3. The van der Waals surface area contributed by atoms with Crippen molar-refractivity contribution in [3.8, 4) is 5.75 Å². The molecule has 2 aromatic heterocycles. The van der Waals surface area contributed by atoms with E-state index in [2.05, 4.69) is 66.0 Å². The number of sulfonamides is 2. The highest BCUT2D eigenvalue weighted by Crippen LogP contribution is 2.30. The summed E-state index contributed by atoms with van der Waals surface area (Å²) in [5.74, 6) is 0.597. The fourth-order valence-electron chi connectivity index (χ4n) is 8.62. The second-order valence-electron chi connectivity index (χ2n) is 18.3. The molecule has 0 saturated carbocycles. The number of anilines is 1. The maximum atomic E-state index is 13.2. The molecular formula is C53H71ClN6O7S4. The van der Waals surface area contributed by atoms with Crippen LogP contribution in [0.5, 0.6) is 5.75 Å². The first-order valence-corrected chi connectivity index (χ1v) is 29.8. The van der Waals surface area contributed by atoms with E-state index in [0.29, 0.717) is 68.5 Å². The number of halogens is 1. The summed E-state index contributed by atoms with van der Waals surface area (Å²) in [7, 11) is -3.33. The van der Waals surface area contributed by atoms with Crippen molar-refractivity contribution in [1.29, 1.82) is 0 Å². The van der Waals surface area contributed by atoms with Crippen molar-refractivity contribution in [2.24, 2.45) is 5.92 Å². The van der Waals surface area contributed by atoms with Crippen LogP contribution in [0, 0.1) is 5.92 Å². The van der Waals surface area contributed by atoms with Gasteiger partial charge in [-0.25, -0.2) is 16.8 Å². The van der Waals surface area contributed by atoms with Gasteiger partial charge in [0, 0.05) is 70.4 Å². The van der Waals surface area contributed by atoms with E-state index in [-0.39, 0.29) is 24.9 Å². The summed E-state index contributed by atoms with van der Waals surface area (Å²) in [5, 5.41) is 9.78. The van der Waals surface area contributed by atoms with Crippen molar-refractivity contribution in [2.45, 2.75) is 112 Å². The molecule has 7 rings (SSSR count). The summed E-state index contributed by atoms with van der Waals surface area (Å²) in [4.78, 5) is 28.7. The minimum absolute atomic E-state index is 0.217. The van der Waals surface area contributed by atoms with Crippen molar-refractivity contribution in [2.75, 3.05) is 58.7 Å². The van der Waals surface area contributed by atoms with Gasteiger partial charge >= 0.3 is 0 Å². The molecule has 0 unspecified atom stereocenters. The third-order valence-electron chi connectivity index (χ3n) is 13.1. The van der Waals surface area contributed by atoms with Gasteiger partial charge in [-0.2, -0.15) is 8.61 Å². The molecule has 3 N–H and O–H groups in total. The standard InChI is InChI=1S/C29H37N3O4S2.C24H34ClN3O3S2/c1-3-4-6-22-9-11-25(12-10-22)30-20-23-15-17-32(18-16-23)38(34,35)28-14-13-27(37-28)21-31-29(33)24-7-5-8-26(19-24)36-2;1-3-4-5-6-15-27(2)21-13-16-28(17-14-21)33(30,31)23-12-11-22(32-23)18-26-24(29)19-7-9-20(25)10-8-19/h5,7-14,19,23,30H,3-4,6,15-18,20-21H2,1-2H3,(H,31,33);7-12,21H,3-6,13-18H2,1-2H3,(H,26,29). The highest BCUT2D eigenvalue weighted by atomic mass is 35.5. The van der Waals surface area contributed by atoms with Gasteiger partial charge in [-0.05, 0) is 149 Å². The van der Waals surface area contributed by atoms with Crippen molar-refractivity contribution in [3.05, 3.63) is 129 Å². The Bertz CT molecular complexity index is 2660. The van der Waals surface area contributed by atoms with Crippen LogP contribution in [-0.2, 0) is 39.6 Å². The lowest BCUT2D eigenvalue weighted by Gasteiger charge is -2.36. The van der Waals surface area contributed by atoms with Crippen LogP contribution in [0.3, 0.4) is 0 Å². The summed E-state index contributed by atoms with van der Waals surface area (Å²) < 4.78 is 61.8. The van der Waals surface area contributed by atoms with E-state index in [1.54, 1.807) is 88.5 Å². The summed E-state index contributed by atoms with van der Waals surface area (Å²) in [6.07, 6.45) is 11.9. The third-order valence-corrected chi connectivity index (χ3v) is 20.3. The number of carbonyl (C=O) groups excluding carboxylic acids is 2. The van der Waals surface area contributed by atoms with Crippen molar-refractivity contribution in [1.82, 2.24) is 24.1 Å². The first kappa shape index (κ1) is 56.0. The molecule has 2 aliphatic rings. The molecule has 18 heteroatoms. The van der Waals surface area contributed by atoms with E-state index in [0.717, 1.165) is 60.6 Å². The molecule has 71 heavy (non-hydrogen) atoms. The van der Waals surface area contributed by atoms with Gasteiger partial charge in [-0.1, -0.05) is 69.3 Å². The third kappa shape index (κ3) is 16.6. The number of rotatable bonds is 23. The minimum Gasteiger partial charge on any atom is -0.497 e. The van der Waals surface area contributed by atoms with Crippen LogP contribution in [-0.4, -0.2) is 102 Å². The predicted octanol–water partition coefficient (Wildman–Crippen LogP) is 10.5. The molecular weight excluding hydrogens is 996 g/mol. The van der Waals surface area contributed by atoms with E-state index in [1.807, 2.05) is 0 Å². The van der Waals surface area contributed by atoms with E-state index in [9.17, 15) is 26.4 Å². The van der Waals surface area contributed by atoms with Crippen LogP contribution in [0.4, 0.5) is 5.69 Å². The number of amides is 2. The molecule has 0 bridgehead atoms. The van der Waals surface area contributed by atoms with E-state index in [4.69, 9.17) is 16.3 Å². The fraction of sp³-hybridized carbons (Fsp3) is 0.472. The summed E-state index contributed by atoms with van der Waals surface area (Å²) in [5.41, 5.74) is 3.49. The smallest absolute Gasteiger partial charge is 0.252 e. The number of nitrogens with one attached hydrogen (secondary N) is 3. The number of thiophene rings is 2. The van der Waals surface area contributed by atoms with Crippen molar-refractivity contribution < 1.29 is 31.2 Å². The fourth-order valence-corrected chi connectivity index (χ4v) is 14.6. The van der Waals surface area contributed by atoms with Gasteiger partial charge in [0.2, 0.25) is 0 Å². The zero-order valence-corrected chi connectivity index (χ0v) is 45.6. The highest BCUT2D eigenvalue weighted by molar-refractivity contribution is 7.91. The Morgan fingerprint density at radius 1 is 0.690 bits per heavy atom. The Morgan fingerprint density at radius 3 is 1.82 bits per heavy atom. The highest BCUT2D eigenvalue weighted by Gasteiger charge is 2.33. The number of hydrogen-bond donors (Lipinski definition) is 3. The monoisotopic (exact) mass is 1070 g/mol. The normalized spacial score (nSPS) is 15.2. The zero-order valence-electron chi connectivity index (χ0n) is 41.5. The Balaban J connectivity index is 0.000000235. The average Bonchev–Trinajstić information content (AvgIpc) is 4.10. The Morgan fingerprint density at radius 2 is 1.25 bits per heavy atom. The van der Waals surface area contributed by atoms with Gasteiger partial charge in [0.15, 0.2) is 0 Å². The molecule has 3 aromatic carbocycles.